The summed E-state index contributed by atoms with van der Waals surface area (Å²) in [5, 5.41) is 10.4. The van der Waals surface area contributed by atoms with Crippen molar-refractivity contribution in [2.45, 2.75) is 46.6 Å². The first-order valence-corrected chi connectivity index (χ1v) is 8.45. The van der Waals surface area contributed by atoms with Crippen molar-refractivity contribution in [3.8, 4) is 0 Å². The van der Waals surface area contributed by atoms with Crippen molar-refractivity contribution >= 4 is 6.03 Å². The van der Waals surface area contributed by atoms with Gasteiger partial charge in [0.2, 0.25) is 0 Å². The third-order valence-corrected chi connectivity index (χ3v) is 4.33. The number of aromatic nitrogens is 2. The lowest BCUT2D eigenvalue weighted by Crippen LogP contribution is -2.42. The third-order valence-electron chi connectivity index (χ3n) is 4.33. The van der Waals surface area contributed by atoms with Gasteiger partial charge in [-0.2, -0.15) is 5.10 Å². The van der Waals surface area contributed by atoms with E-state index in [0.717, 1.165) is 24.2 Å². The van der Waals surface area contributed by atoms with E-state index in [1.807, 2.05) is 31.6 Å². The van der Waals surface area contributed by atoms with Crippen LogP contribution in [0.1, 0.15) is 35.0 Å². The smallest absolute Gasteiger partial charge is 0.315 e. The van der Waals surface area contributed by atoms with E-state index in [4.69, 9.17) is 0 Å². The second-order valence-electron chi connectivity index (χ2n) is 6.52. The number of rotatable bonds is 6. The van der Waals surface area contributed by atoms with E-state index in [2.05, 4.69) is 47.8 Å². The van der Waals surface area contributed by atoms with Gasteiger partial charge >= 0.3 is 6.03 Å². The first-order valence-electron chi connectivity index (χ1n) is 8.45. The number of hydrogen-bond donors (Lipinski definition) is 2. The van der Waals surface area contributed by atoms with Gasteiger partial charge in [-0.3, -0.25) is 4.68 Å². The highest BCUT2D eigenvalue weighted by atomic mass is 16.2. The van der Waals surface area contributed by atoms with Crippen LogP contribution in [0.25, 0.3) is 0 Å². The zero-order valence-electron chi connectivity index (χ0n) is 15.3. The minimum atomic E-state index is -0.116. The van der Waals surface area contributed by atoms with Gasteiger partial charge in [0.05, 0.1) is 5.69 Å². The topological polar surface area (TPSA) is 59.0 Å². The van der Waals surface area contributed by atoms with Crippen LogP contribution in [0.4, 0.5) is 4.79 Å². The Balaban J connectivity index is 1.77. The molecular weight excluding hydrogens is 300 g/mol. The predicted octanol–water partition coefficient (Wildman–Crippen LogP) is 2.82. The molecule has 0 fully saturated rings. The molecule has 2 amide bonds. The summed E-state index contributed by atoms with van der Waals surface area (Å²) in [6.07, 6.45) is 1.63. The van der Waals surface area contributed by atoms with E-state index in [9.17, 15) is 4.79 Å². The Morgan fingerprint density at radius 3 is 2.67 bits per heavy atom. The molecule has 2 aromatic rings. The fourth-order valence-electron chi connectivity index (χ4n) is 2.93. The molecule has 1 aromatic carbocycles. The van der Waals surface area contributed by atoms with Crippen LogP contribution in [0.2, 0.25) is 0 Å². The van der Waals surface area contributed by atoms with Crippen LogP contribution < -0.4 is 10.6 Å². The molecule has 0 radical (unpaired) electrons. The van der Waals surface area contributed by atoms with Crippen LogP contribution in [0.5, 0.6) is 0 Å². The number of carbonyl (C=O) groups is 1. The van der Waals surface area contributed by atoms with Crippen molar-refractivity contribution in [2.75, 3.05) is 6.54 Å². The van der Waals surface area contributed by atoms with Crippen molar-refractivity contribution < 1.29 is 4.79 Å². The lowest BCUT2D eigenvalue weighted by atomic mass is 10.1. The largest absolute Gasteiger partial charge is 0.338 e. The Bertz CT molecular complexity index is 705. The van der Waals surface area contributed by atoms with Crippen molar-refractivity contribution in [1.29, 1.82) is 0 Å². The van der Waals surface area contributed by atoms with E-state index in [-0.39, 0.29) is 12.1 Å². The number of nitrogens with zero attached hydrogens (tertiary/aromatic N) is 2. The molecule has 0 bridgehead atoms. The molecule has 5 nitrogen and oxygen atoms in total. The number of nitrogens with one attached hydrogen (secondary N) is 2. The maximum atomic E-state index is 12.0. The van der Waals surface area contributed by atoms with E-state index < -0.39 is 0 Å². The second-order valence-corrected chi connectivity index (χ2v) is 6.52. The SMILES string of the molecule is Cc1cccc(CCNC(=O)N[C@H](C)Cc2c(C)nn(C)c2C)c1. The molecule has 1 aromatic heterocycles. The highest BCUT2D eigenvalue weighted by molar-refractivity contribution is 5.74. The third kappa shape index (κ3) is 4.85. The Morgan fingerprint density at radius 1 is 1.29 bits per heavy atom. The molecular formula is C19H28N4O. The molecule has 2 N–H and O–H groups in total. The minimum absolute atomic E-state index is 0.0607. The quantitative estimate of drug-likeness (QED) is 0.856. The average Bonchev–Trinajstić information content (AvgIpc) is 2.73. The number of aryl methyl sites for hydroxylation is 3. The van der Waals surface area contributed by atoms with Gasteiger partial charge in [-0.15, -0.1) is 0 Å². The van der Waals surface area contributed by atoms with E-state index in [1.54, 1.807) is 0 Å². The van der Waals surface area contributed by atoms with E-state index >= 15 is 0 Å². The number of benzene rings is 1. The van der Waals surface area contributed by atoms with Gasteiger partial charge in [0, 0.05) is 25.3 Å². The van der Waals surface area contributed by atoms with E-state index in [0.29, 0.717) is 6.54 Å². The molecule has 5 heteroatoms. The van der Waals surface area contributed by atoms with Gasteiger partial charge in [0.25, 0.3) is 0 Å². The van der Waals surface area contributed by atoms with Crippen LogP contribution in [0, 0.1) is 20.8 Å². The summed E-state index contributed by atoms with van der Waals surface area (Å²) in [5.74, 6) is 0. The second kappa shape index (κ2) is 7.99. The highest BCUT2D eigenvalue weighted by Gasteiger charge is 2.14. The summed E-state index contributed by atoms with van der Waals surface area (Å²) in [7, 11) is 1.95. The maximum absolute atomic E-state index is 12.0. The molecule has 1 heterocycles. The number of urea groups is 1. The molecule has 1 atom stereocenters. The molecule has 0 saturated heterocycles. The van der Waals surface area contributed by atoms with Crippen LogP contribution in [-0.2, 0) is 19.9 Å². The first kappa shape index (κ1) is 18.0. The molecule has 0 unspecified atom stereocenters. The highest BCUT2D eigenvalue weighted by Crippen LogP contribution is 2.14. The van der Waals surface area contributed by atoms with Crippen LogP contribution in [0.15, 0.2) is 24.3 Å². The van der Waals surface area contributed by atoms with Gasteiger partial charge in [-0.25, -0.2) is 4.79 Å². The average molecular weight is 328 g/mol. The normalized spacial score (nSPS) is 12.0. The van der Waals surface area contributed by atoms with Crippen molar-refractivity contribution in [1.82, 2.24) is 20.4 Å². The summed E-state index contributed by atoms with van der Waals surface area (Å²) < 4.78 is 1.89. The van der Waals surface area contributed by atoms with Crippen LogP contribution in [0.3, 0.4) is 0 Å². The molecule has 0 spiro atoms. The van der Waals surface area contributed by atoms with Crippen molar-refractivity contribution in [2.24, 2.45) is 7.05 Å². The summed E-state index contributed by atoms with van der Waals surface area (Å²) in [6, 6.07) is 8.30. The van der Waals surface area contributed by atoms with Crippen LogP contribution >= 0.6 is 0 Å². The molecule has 130 valence electrons. The molecule has 24 heavy (non-hydrogen) atoms. The predicted molar refractivity (Wildman–Crippen MR) is 97.3 cm³/mol. The Hall–Kier alpha value is -2.30. The van der Waals surface area contributed by atoms with Crippen molar-refractivity contribution in [3.05, 3.63) is 52.3 Å². The zero-order chi connectivity index (χ0) is 17.7. The Morgan fingerprint density at radius 2 is 2.04 bits per heavy atom. The summed E-state index contributed by atoms with van der Waals surface area (Å²) >= 11 is 0. The zero-order valence-corrected chi connectivity index (χ0v) is 15.3. The van der Waals surface area contributed by atoms with Gasteiger partial charge in [-0.05, 0) is 51.7 Å². The summed E-state index contributed by atoms with van der Waals surface area (Å²) in [6.45, 7) is 8.80. The van der Waals surface area contributed by atoms with Crippen LogP contribution in [-0.4, -0.2) is 28.4 Å². The minimum Gasteiger partial charge on any atom is -0.338 e. The lowest BCUT2D eigenvalue weighted by molar-refractivity contribution is 0.238. The number of amides is 2. The standard InChI is InChI=1S/C19H28N4O/c1-13-7-6-8-17(11-13)9-10-20-19(24)21-14(2)12-18-15(3)22-23(5)16(18)4/h6-8,11,14H,9-10,12H2,1-5H3,(H2,20,21,24)/t14-/m1/s1. The number of carbonyl (C=O) groups excluding carboxylic acids is 1. The van der Waals surface area contributed by atoms with Crippen molar-refractivity contribution in [3.63, 3.8) is 0 Å². The molecule has 0 aliphatic rings. The summed E-state index contributed by atoms with van der Waals surface area (Å²) in [4.78, 5) is 12.0. The summed E-state index contributed by atoms with van der Waals surface area (Å²) in [5.41, 5.74) is 5.88. The molecule has 0 saturated carbocycles. The molecule has 2 rings (SSSR count). The van der Waals surface area contributed by atoms with Gasteiger partial charge in [0.15, 0.2) is 0 Å². The maximum Gasteiger partial charge on any atom is 0.315 e. The monoisotopic (exact) mass is 328 g/mol. The van der Waals surface area contributed by atoms with E-state index in [1.165, 1.54) is 16.7 Å². The molecule has 0 aliphatic heterocycles. The fraction of sp³-hybridized carbons (Fsp3) is 0.474. The first-order chi connectivity index (χ1) is 11.4. The Kier molecular flexibility index (Phi) is 6.01. The van der Waals surface area contributed by atoms with Gasteiger partial charge in [-0.1, -0.05) is 29.8 Å². The molecule has 0 aliphatic carbocycles. The Labute approximate surface area is 144 Å². The lowest BCUT2D eigenvalue weighted by Gasteiger charge is -2.15. The number of hydrogen-bond acceptors (Lipinski definition) is 2. The fourth-order valence-corrected chi connectivity index (χ4v) is 2.93. The van der Waals surface area contributed by atoms with Gasteiger partial charge in [0.1, 0.15) is 0 Å². The van der Waals surface area contributed by atoms with Gasteiger partial charge < -0.3 is 10.6 Å².